The van der Waals surface area contributed by atoms with Crippen LogP contribution in [0.4, 0.5) is 4.39 Å². The molecule has 1 aromatic carbocycles. The van der Waals surface area contributed by atoms with Crippen LogP contribution in [0.3, 0.4) is 0 Å². The van der Waals surface area contributed by atoms with Gasteiger partial charge in [-0.1, -0.05) is 12.1 Å². The maximum absolute atomic E-state index is 13.0. The van der Waals surface area contributed by atoms with E-state index in [1.807, 2.05) is 0 Å². The van der Waals surface area contributed by atoms with E-state index < -0.39 is 17.9 Å². The minimum atomic E-state index is -0.957. The maximum atomic E-state index is 13.0. The van der Waals surface area contributed by atoms with Crippen molar-refractivity contribution >= 4 is 24.2 Å². The Balaban J connectivity index is 0.00000324. The fourth-order valence-corrected chi connectivity index (χ4v) is 1.57. The number of nitrogens with zero attached hydrogens (tertiary/aromatic N) is 1. The molecule has 0 radical (unpaired) electrons. The number of rotatable bonds is 5. The lowest BCUT2D eigenvalue weighted by Crippen LogP contribution is -2.43. The van der Waals surface area contributed by atoms with E-state index in [1.165, 1.54) is 24.1 Å². The van der Waals surface area contributed by atoms with E-state index in [4.69, 9.17) is 11.5 Å². The summed E-state index contributed by atoms with van der Waals surface area (Å²) in [5.41, 5.74) is 11.2. The molecular weight excluding hydrogens is 273 g/mol. The van der Waals surface area contributed by atoms with Gasteiger partial charge in [0.25, 0.3) is 0 Å². The quantitative estimate of drug-likeness (QED) is 0.823. The summed E-state index contributed by atoms with van der Waals surface area (Å²) in [5, 5.41) is 0. The third-order valence-electron chi connectivity index (χ3n) is 2.42. The molecule has 0 heterocycles. The Hall–Kier alpha value is -1.66. The largest absolute Gasteiger partial charge is 0.370 e. The van der Waals surface area contributed by atoms with Gasteiger partial charge in [0.2, 0.25) is 11.8 Å². The Labute approximate surface area is 117 Å². The van der Waals surface area contributed by atoms with Crippen LogP contribution in [0.1, 0.15) is 12.0 Å². The first kappa shape index (κ1) is 17.3. The van der Waals surface area contributed by atoms with Gasteiger partial charge in [0.1, 0.15) is 5.82 Å². The molecule has 0 saturated heterocycles. The summed E-state index contributed by atoms with van der Waals surface area (Å²) < 4.78 is 13.0. The zero-order chi connectivity index (χ0) is 13.7. The third-order valence-corrected chi connectivity index (χ3v) is 2.42. The van der Waals surface area contributed by atoms with Crippen LogP contribution in [0, 0.1) is 5.82 Å². The summed E-state index contributed by atoms with van der Waals surface area (Å²) in [6.45, 7) is 0.225. The molecule has 1 rings (SSSR count). The molecule has 2 amide bonds. The lowest BCUT2D eigenvalue weighted by molar-refractivity contribution is -0.133. The van der Waals surface area contributed by atoms with Gasteiger partial charge in [-0.25, -0.2) is 4.39 Å². The highest BCUT2D eigenvalue weighted by Gasteiger charge is 2.19. The van der Waals surface area contributed by atoms with E-state index in [0.717, 1.165) is 0 Å². The van der Waals surface area contributed by atoms with Crippen molar-refractivity contribution in [1.82, 2.24) is 4.90 Å². The van der Waals surface area contributed by atoms with Crippen LogP contribution in [0.15, 0.2) is 24.3 Å². The normalized spacial score (nSPS) is 11.3. The standard InChI is InChI=1S/C12H16FN3O2.ClH/c1-16(12(18)10(14)6-11(15)17)7-8-3-2-4-9(13)5-8;/h2-5,10H,6-7,14H2,1H3,(H2,15,17);1H. The van der Waals surface area contributed by atoms with Gasteiger partial charge in [-0.2, -0.15) is 0 Å². The van der Waals surface area contributed by atoms with Gasteiger partial charge in [-0.15, -0.1) is 12.4 Å². The molecule has 0 spiro atoms. The molecule has 106 valence electrons. The van der Waals surface area contributed by atoms with E-state index in [0.29, 0.717) is 5.56 Å². The van der Waals surface area contributed by atoms with Gasteiger partial charge in [-0.3, -0.25) is 9.59 Å². The molecule has 19 heavy (non-hydrogen) atoms. The second-order valence-corrected chi connectivity index (χ2v) is 4.10. The second-order valence-electron chi connectivity index (χ2n) is 4.10. The highest BCUT2D eigenvalue weighted by atomic mass is 35.5. The molecule has 0 aromatic heterocycles. The van der Waals surface area contributed by atoms with E-state index in [-0.39, 0.29) is 31.2 Å². The van der Waals surface area contributed by atoms with E-state index >= 15 is 0 Å². The Bertz CT molecular complexity index is 456. The van der Waals surface area contributed by atoms with Crippen LogP contribution in [0.5, 0.6) is 0 Å². The first-order chi connectivity index (χ1) is 8.40. The molecule has 0 aliphatic carbocycles. The molecule has 1 atom stereocenters. The average molecular weight is 290 g/mol. The van der Waals surface area contributed by atoms with Crippen molar-refractivity contribution in [2.75, 3.05) is 7.05 Å². The molecule has 1 unspecified atom stereocenters. The second kappa shape index (κ2) is 7.70. The monoisotopic (exact) mass is 289 g/mol. The summed E-state index contributed by atoms with van der Waals surface area (Å²) in [6.07, 6.45) is -0.202. The molecule has 0 fully saturated rings. The number of nitrogens with two attached hydrogens (primary N) is 2. The highest BCUT2D eigenvalue weighted by Crippen LogP contribution is 2.07. The number of carbonyl (C=O) groups is 2. The van der Waals surface area contributed by atoms with Gasteiger partial charge >= 0.3 is 0 Å². The zero-order valence-electron chi connectivity index (χ0n) is 10.5. The minimum absolute atomic E-state index is 0. The summed E-state index contributed by atoms with van der Waals surface area (Å²) >= 11 is 0. The first-order valence-electron chi connectivity index (χ1n) is 5.43. The van der Waals surface area contributed by atoms with Crippen molar-refractivity contribution < 1.29 is 14.0 Å². The number of amides is 2. The van der Waals surface area contributed by atoms with E-state index in [9.17, 15) is 14.0 Å². The molecule has 0 bridgehead atoms. The van der Waals surface area contributed by atoms with Crippen LogP contribution in [0.2, 0.25) is 0 Å². The molecule has 4 N–H and O–H groups in total. The van der Waals surface area contributed by atoms with Crippen molar-refractivity contribution in [1.29, 1.82) is 0 Å². The minimum Gasteiger partial charge on any atom is -0.370 e. The van der Waals surface area contributed by atoms with Crippen LogP contribution in [-0.2, 0) is 16.1 Å². The summed E-state index contributed by atoms with van der Waals surface area (Å²) in [4.78, 5) is 23.8. The molecule has 1 aromatic rings. The van der Waals surface area contributed by atoms with Crippen molar-refractivity contribution in [2.45, 2.75) is 19.0 Å². The SMILES string of the molecule is CN(Cc1cccc(F)c1)C(=O)C(N)CC(N)=O.Cl. The maximum Gasteiger partial charge on any atom is 0.240 e. The van der Waals surface area contributed by atoms with Crippen LogP contribution < -0.4 is 11.5 Å². The number of carbonyl (C=O) groups excluding carboxylic acids is 2. The van der Waals surface area contributed by atoms with Crippen molar-refractivity contribution in [2.24, 2.45) is 11.5 Å². The number of likely N-dealkylation sites (N-methyl/N-ethyl adjacent to an activating group) is 1. The Morgan fingerprint density at radius 1 is 1.42 bits per heavy atom. The lowest BCUT2D eigenvalue weighted by atomic mass is 10.1. The van der Waals surface area contributed by atoms with Gasteiger partial charge in [0, 0.05) is 13.6 Å². The average Bonchev–Trinajstić information content (AvgIpc) is 2.27. The molecule has 7 heteroatoms. The predicted octanol–water partition coefficient (Wildman–Crippen LogP) is 0.409. The van der Waals surface area contributed by atoms with Gasteiger partial charge in [0.15, 0.2) is 0 Å². The highest BCUT2D eigenvalue weighted by molar-refractivity contribution is 5.87. The zero-order valence-corrected chi connectivity index (χ0v) is 11.3. The van der Waals surface area contributed by atoms with Crippen LogP contribution >= 0.6 is 12.4 Å². The number of benzene rings is 1. The topological polar surface area (TPSA) is 89.4 Å². The Kier molecular flexibility index (Phi) is 7.03. The van der Waals surface area contributed by atoms with Gasteiger partial charge in [0.05, 0.1) is 12.5 Å². The smallest absolute Gasteiger partial charge is 0.240 e. The summed E-state index contributed by atoms with van der Waals surface area (Å²) in [7, 11) is 1.54. The van der Waals surface area contributed by atoms with Crippen molar-refractivity contribution in [3.8, 4) is 0 Å². The Morgan fingerprint density at radius 2 is 2.05 bits per heavy atom. The van der Waals surface area contributed by atoms with E-state index in [2.05, 4.69) is 0 Å². The Morgan fingerprint density at radius 3 is 2.58 bits per heavy atom. The fourth-order valence-electron chi connectivity index (χ4n) is 1.57. The van der Waals surface area contributed by atoms with Crippen molar-refractivity contribution in [3.05, 3.63) is 35.6 Å². The number of primary amides is 1. The fraction of sp³-hybridized carbons (Fsp3) is 0.333. The number of hydrogen-bond donors (Lipinski definition) is 2. The lowest BCUT2D eigenvalue weighted by Gasteiger charge is -2.20. The van der Waals surface area contributed by atoms with Crippen molar-refractivity contribution in [3.63, 3.8) is 0 Å². The molecule has 0 aliphatic rings. The molecule has 5 nitrogen and oxygen atoms in total. The number of hydrogen-bond acceptors (Lipinski definition) is 3. The van der Waals surface area contributed by atoms with Gasteiger partial charge in [-0.05, 0) is 17.7 Å². The predicted molar refractivity (Wildman–Crippen MR) is 71.9 cm³/mol. The van der Waals surface area contributed by atoms with Crippen LogP contribution in [-0.4, -0.2) is 29.8 Å². The van der Waals surface area contributed by atoms with E-state index in [1.54, 1.807) is 12.1 Å². The summed E-state index contributed by atoms with van der Waals surface area (Å²) in [5.74, 6) is -1.40. The molecule has 0 saturated carbocycles. The first-order valence-corrected chi connectivity index (χ1v) is 5.43. The third kappa shape index (κ3) is 5.67. The van der Waals surface area contributed by atoms with Gasteiger partial charge < -0.3 is 16.4 Å². The molecular formula is C12H17ClFN3O2. The molecule has 0 aliphatic heterocycles. The van der Waals surface area contributed by atoms with Crippen LogP contribution in [0.25, 0.3) is 0 Å². The number of halogens is 2. The summed E-state index contributed by atoms with van der Waals surface area (Å²) in [6, 6.07) is 4.97.